The maximum absolute atomic E-state index is 15.4. The van der Waals surface area contributed by atoms with Crippen molar-refractivity contribution in [3.8, 4) is 5.82 Å². The molecule has 2 atom stereocenters. The first-order chi connectivity index (χ1) is 17.5. The number of hydrogen-bond donors (Lipinski definition) is 1. The number of hydrogen-bond acceptors (Lipinski definition) is 9. The average molecular weight is 498 g/mol. The average Bonchev–Trinajstić information content (AvgIpc) is 3.25. The van der Waals surface area contributed by atoms with Crippen LogP contribution in [0, 0.1) is 13.8 Å². The maximum atomic E-state index is 15.4. The van der Waals surface area contributed by atoms with Crippen molar-refractivity contribution in [3.63, 3.8) is 0 Å². The van der Waals surface area contributed by atoms with Crippen molar-refractivity contribution in [2.45, 2.75) is 32.3 Å². The van der Waals surface area contributed by atoms with Crippen molar-refractivity contribution in [1.82, 2.24) is 24.6 Å². The molecule has 1 unspecified atom stereocenters. The molecule has 192 valence electrons. The Balaban J connectivity index is 1.32. The fourth-order valence-corrected chi connectivity index (χ4v) is 5.31. The Labute approximate surface area is 209 Å². The van der Waals surface area contributed by atoms with Crippen molar-refractivity contribution < 1.29 is 19.0 Å². The van der Waals surface area contributed by atoms with Crippen LogP contribution in [0.5, 0.6) is 0 Å². The maximum Gasteiger partial charge on any atom is 0.185 e. The topological polar surface area (TPSA) is 92.0 Å². The van der Waals surface area contributed by atoms with Gasteiger partial charge in [-0.15, -0.1) is 0 Å². The van der Waals surface area contributed by atoms with E-state index in [4.69, 9.17) is 9.47 Å². The molecule has 0 amide bonds. The molecule has 3 fully saturated rings. The zero-order chi connectivity index (χ0) is 24.8. The summed E-state index contributed by atoms with van der Waals surface area (Å²) in [5, 5.41) is 15.1. The van der Waals surface area contributed by atoms with Gasteiger partial charge in [-0.1, -0.05) is 0 Å². The minimum absolute atomic E-state index is 0.0302. The van der Waals surface area contributed by atoms with E-state index in [1.165, 1.54) is 0 Å². The first kappa shape index (κ1) is 23.5. The fraction of sp³-hybridized carbons (Fsp3) is 0.560. The SMILES string of the molecule is Cc1nc(N2CCO[C@H](CO)C2)cc(-n2ncc3cc(C)c(N4CCN(C5COC5)CC4F)cc32)n1. The normalized spacial score (nSPS) is 23.9. The predicted octanol–water partition coefficient (Wildman–Crippen LogP) is 1.45. The van der Waals surface area contributed by atoms with Gasteiger partial charge in [0.1, 0.15) is 11.6 Å². The zero-order valence-electron chi connectivity index (χ0n) is 20.7. The van der Waals surface area contributed by atoms with Crippen molar-refractivity contribution in [1.29, 1.82) is 0 Å². The van der Waals surface area contributed by atoms with Crippen molar-refractivity contribution >= 4 is 22.4 Å². The molecule has 3 aliphatic rings. The van der Waals surface area contributed by atoms with Crippen LogP contribution >= 0.6 is 0 Å². The number of fused-ring (bicyclic) bond motifs is 1. The molecule has 3 aliphatic heterocycles. The largest absolute Gasteiger partial charge is 0.394 e. The number of benzene rings is 1. The highest BCUT2D eigenvalue weighted by atomic mass is 19.1. The van der Waals surface area contributed by atoms with Crippen LogP contribution in [0.2, 0.25) is 0 Å². The molecule has 0 radical (unpaired) electrons. The zero-order valence-corrected chi connectivity index (χ0v) is 20.7. The van der Waals surface area contributed by atoms with Gasteiger partial charge in [0.05, 0.1) is 50.3 Å². The second kappa shape index (κ2) is 9.55. The van der Waals surface area contributed by atoms with E-state index in [0.29, 0.717) is 63.7 Å². The Morgan fingerprint density at radius 3 is 2.64 bits per heavy atom. The predicted molar refractivity (Wildman–Crippen MR) is 134 cm³/mol. The summed E-state index contributed by atoms with van der Waals surface area (Å²) in [4.78, 5) is 15.4. The summed E-state index contributed by atoms with van der Waals surface area (Å²) in [6.07, 6.45) is 0.501. The summed E-state index contributed by atoms with van der Waals surface area (Å²) in [5.74, 6) is 2.06. The highest BCUT2D eigenvalue weighted by molar-refractivity contribution is 5.85. The van der Waals surface area contributed by atoms with Gasteiger partial charge in [0.15, 0.2) is 12.1 Å². The summed E-state index contributed by atoms with van der Waals surface area (Å²) < 4.78 is 28.1. The lowest BCUT2D eigenvalue weighted by molar-refractivity contribution is -0.0753. The van der Waals surface area contributed by atoms with Crippen LogP contribution in [0.1, 0.15) is 11.4 Å². The molecular weight excluding hydrogens is 465 g/mol. The number of nitrogens with zero attached hydrogens (tertiary/aromatic N) is 7. The Morgan fingerprint density at radius 1 is 1.06 bits per heavy atom. The van der Waals surface area contributed by atoms with Crippen LogP contribution in [0.3, 0.4) is 0 Å². The number of aromatic nitrogens is 4. The number of piperazine rings is 1. The number of ether oxygens (including phenoxy) is 2. The number of aliphatic hydroxyl groups is 1. The summed E-state index contributed by atoms with van der Waals surface area (Å²) in [7, 11) is 0. The molecule has 6 rings (SSSR count). The number of aliphatic hydroxyl groups excluding tert-OH is 1. The van der Waals surface area contributed by atoms with Gasteiger partial charge in [0, 0.05) is 49.9 Å². The van der Waals surface area contributed by atoms with Crippen LogP contribution < -0.4 is 9.80 Å². The Morgan fingerprint density at radius 2 is 1.89 bits per heavy atom. The number of rotatable bonds is 5. The van der Waals surface area contributed by atoms with E-state index in [-0.39, 0.29) is 12.7 Å². The van der Waals surface area contributed by atoms with Crippen LogP contribution in [-0.4, -0.2) is 107 Å². The van der Waals surface area contributed by atoms with E-state index in [0.717, 1.165) is 34.5 Å². The number of aryl methyl sites for hydroxylation is 2. The molecule has 0 bridgehead atoms. The fourth-order valence-electron chi connectivity index (χ4n) is 5.31. The van der Waals surface area contributed by atoms with Gasteiger partial charge in [0.2, 0.25) is 0 Å². The molecular formula is C25H32FN7O3. The minimum Gasteiger partial charge on any atom is -0.394 e. The van der Waals surface area contributed by atoms with Gasteiger partial charge in [0.25, 0.3) is 0 Å². The molecule has 0 saturated carbocycles. The molecule has 10 nitrogen and oxygen atoms in total. The van der Waals surface area contributed by atoms with Crippen LogP contribution in [-0.2, 0) is 9.47 Å². The van der Waals surface area contributed by atoms with Crippen molar-refractivity contribution in [2.24, 2.45) is 0 Å². The van der Waals surface area contributed by atoms with Crippen molar-refractivity contribution in [2.75, 3.05) is 69.0 Å². The smallest absolute Gasteiger partial charge is 0.185 e. The van der Waals surface area contributed by atoms with E-state index in [1.54, 1.807) is 4.68 Å². The summed E-state index contributed by atoms with van der Waals surface area (Å²) in [6, 6.07) is 6.34. The molecule has 3 saturated heterocycles. The second-order valence-electron chi connectivity index (χ2n) is 9.82. The standard InChI is InChI=1S/C25H32FN7O3/c1-16-7-18-10-27-33(25-9-24(28-17(2)29-25)31-5-6-36-20(11-31)13-34)22(18)8-21(16)32-4-3-30(12-23(32)26)19-14-35-15-19/h7-10,19-20,23,34H,3-6,11-15H2,1-2H3/t20-,23?/m0/s1. The molecule has 36 heavy (non-hydrogen) atoms. The van der Waals surface area contributed by atoms with Gasteiger partial charge in [-0.2, -0.15) is 5.10 Å². The Hall–Kier alpha value is -2.86. The lowest BCUT2D eigenvalue weighted by Gasteiger charge is -2.45. The second-order valence-corrected chi connectivity index (χ2v) is 9.82. The van der Waals surface area contributed by atoms with Gasteiger partial charge >= 0.3 is 0 Å². The van der Waals surface area contributed by atoms with E-state index < -0.39 is 6.30 Å². The third-order valence-electron chi connectivity index (χ3n) is 7.38. The van der Waals surface area contributed by atoms with Crippen LogP contribution in [0.25, 0.3) is 16.7 Å². The quantitative estimate of drug-likeness (QED) is 0.526. The lowest BCUT2D eigenvalue weighted by atomic mass is 10.1. The highest BCUT2D eigenvalue weighted by Gasteiger charge is 2.34. The van der Waals surface area contributed by atoms with Crippen LogP contribution in [0.4, 0.5) is 15.9 Å². The van der Waals surface area contributed by atoms with Crippen molar-refractivity contribution in [3.05, 3.63) is 35.8 Å². The van der Waals surface area contributed by atoms with E-state index >= 15 is 4.39 Å². The number of alkyl halides is 1. The van der Waals surface area contributed by atoms with Gasteiger partial charge in [-0.3, -0.25) is 4.90 Å². The number of morpholine rings is 1. The molecule has 5 heterocycles. The highest BCUT2D eigenvalue weighted by Crippen LogP contribution is 2.32. The summed E-state index contributed by atoms with van der Waals surface area (Å²) in [5.41, 5.74) is 2.77. The molecule has 0 spiro atoms. The van der Waals surface area contributed by atoms with Gasteiger partial charge in [-0.05, 0) is 31.5 Å². The monoisotopic (exact) mass is 497 g/mol. The Kier molecular flexibility index (Phi) is 6.24. The molecule has 0 aliphatic carbocycles. The third kappa shape index (κ3) is 4.30. The van der Waals surface area contributed by atoms with Gasteiger partial charge < -0.3 is 24.4 Å². The van der Waals surface area contributed by atoms with E-state index in [9.17, 15) is 5.11 Å². The van der Waals surface area contributed by atoms with E-state index in [2.05, 4.69) is 30.9 Å². The summed E-state index contributed by atoms with van der Waals surface area (Å²) >= 11 is 0. The Bertz CT molecular complexity index is 1250. The molecule has 1 aromatic carbocycles. The molecule has 2 aromatic heterocycles. The van der Waals surface area contributed by atoms with Gasteiger partial charge in [-0.25, -0.2) is 19.0 Å². The number of anilines is 2. The summed E-state index contributed by atoms with van der Waals surface area (Å²) in [6.45, 7) is 8.84. The first-order valence-electron chi connectivity index (χ1n) is 12.5. The first-order valence-corrected chi connectivity index (χ1v) is 12.5. The third-order valence-corrected chi connectivity index (χ3v) is 7.38. The molecule has 11 heteroatoms. The lowest BCUT2D eigenvalue weighted by Crippen LogP contribution is -2.59. The molecule has 1 N–H and O–H groups in total. The van der Waals surface area contributed by atoms with Crippen LogP contribution in [0.15, 0.2) is 24.4 Å². The number of halogens is 1. The molecule has 3 aromatic rings. The minimum atomic E-state index is -1.08. The van der Waals surface area contributed by atoms with E-state index in [1.807, 2.05) is 37.1 Å².